The van der Waals surface area contributed by atoms with E-state index in [-0.39, 0.29) is 18.0 Å². The maximum Gasteiger partial charge on any atom is 0.416 e. The number of hydrogen-bond donors (Lipinski definition) is 1. The van der Waals surface area contributed by atoms with Crippen LogP contribution in [0.3, 0.4) is 0 Å². The molecule has 2 N–H and O–H groups in total. The lowest BCUT2D eigenvalue weighted by atomic mass is 10.00. The first-order chi connectivity index (χ1) is 7.86. The fraction of sp³-hybridized carbons (Fsp3) is 0.500. The van der Waals surface area contributed by atoms with Crippen LogP contribution in [0.5, 0.6) is 0 Å². The van der Waals surface area contributed by atoms with Gasteiger partial charge in [0.2, 0.25) is 0 Å². The molecule has 1 aromatic rings. The molecule has 1 aromatic carbocycles. The summed E-state index contributed by atoms with van der Waals surface area (Å²) in [5.74, 6) is -0.886. The molecule has 0 radical (unpaired) electrons. The van der Waals surface area contributed by atoms with Crippen LogP contribution in [0.15, 0.2) is 18.2 Å². The highest BCUT2D eigenvalue weighted by Gasteiger charge is 2.31. The van der Waals surface area contributed by atoms with Crippen LogP contribution < -0.4 is 5.73 Å². The van der Waals surface area contributed by atoms with Gasteiger partial charge in [-0.2, -0.15) is 13.2 Å². The summed E-state index contributed by atoms with van der Waals surface area (Å²) in [7, 11) is 0. The van der Waals surface area contributed by atoms with Gasteiger partial charge in [-0.15, -0.1) is 12.4 Å². The van der Waals surface area contributed by atoms with E-state index in [1.807, 2.05) is 6.92 Å². The molecule has 0 aliphatic carbocycles. The number of rotatable bonds is 4. The highest BCUT2D eigenvalue weighted by molar-refractivity contribution is 5.85. The second-order valence-corrected chi connectivity index (χ2v) is 3.98. The smallest absolute Gasteiger partial charge is 0.324 e. The standard InChI is InChI=1S/C12H15F4N.ClH/c1-2-3-4-11(17)9-6-5-8(7-10(9)13)12(14,15)16;/h5-7,11H,2-4,17H2,1H3;1H/t11-;/m0./s1. The highest BCUT2D eigenvalue weighted by Crippen LogP contribution is 2.31. The van der Waals surface area contributed by atoms with Crippen molar-refractivity contribution in [2.24, 2.45) is 5.73 Å². The minimum atomic E-state index is -4.52. The van der Waals surface area contributed by atoms with Gasteiger partial charge in [-0.05, 0) is 18.6 Å². The number of alkyl halides is 3. The van der Waals surface area contributed by atoms with E-state index in [4.69, 9.17) is 5.73 Å². The molecule has 0 saturated heterocycles. The molecule has 6 heteroatoms. The molecule has 0 fully saturated rings. The molecule has 0 spiro atoms. The zero-order valence-electron chi connectivity index (χ0n) is 9.93. The van der Waals surface area contributed by atoms with Crippen LogP contribution in [0.25, 0.3) is 0 Å². The maximum atomic E-state index is 13.5. The minimum absolute atomic E-state index is 0. The largest absolute Gasteiger partial charge is 0.416 e. The van der Waals surface area contributed by atoms with Crippen molar-refractivity contribution in [2.45, 2.75) is 38.4 Å². The van der Waals surface area contributed by atoms with Crippen molar-refractivity contribution in [3.63, 3.8) is 0 Å². The number of hydrogen-bond acceptors (Lipinski definition) is 1. The fourth-order valence-electron chi connectivity index (χ4n) is 1.58. The van der Waals surface area contributed by atoms with Gasteiger partial charge in [0, 0.05) is 11.6 Å². The van der Waals surface area contributed by atoms with Gasteiger partial charge in [0.05, 0.1) is 5.56 Å². The van der Waals surface area contributed by atoms with E-state index in [2.05, 4.69) is 0 Å². The first-order valence-corrected chi connectivity index (χ1v) is 5.48. The molecular weight excluding hydrogens is 270 g/mol. The van der Waals surface area contributed by atoms with Gasteiger partial charge in [-0.1, -0.05) is 25.8 Å². The summed E-state index contributed by atoms with van der Waals surface area (Å²) in [6.45, 7) is 1.97. The Bertz CT molecular complexity index is 379. The Morgan fingerprint density at radius 2 is 1.89 bits per heavy atom. The summed E-state index contributed by atoms with van der Waals surface area (Å²) in [4.78, 5) is 0. The summed E-state index contributed by atoms with van der Waals surface area (Å²) in [6, 6.07) is 1.95. The second kappa shape index (κ2) is 6.95. The fourth-order valence-corrected chi connectivity index (χ4v) is 1.58. The number of benzene rings is 1. The zero-order chi connectivity index (χ0) is 13.1. The molecule has 1 rings (SSSR count). The SMILES string of the molecule is CCCC[C@H](N)c1ccc(C(F)(F)F)cc1F.Cl. The molecule has 18 heavy (non-hydrogen) atoms. The van der Waals surface area contributed by atoms with Crippen LogP contribution in [0, 0.1) is 5.82 Å². The first-order valence-electron chi connectivity index (χ1n) is 5.48. The lowest BCUT2D eigenvalue weighted by Crippen LogP contribution is -2.13. The predicted octanol–water partition coefficient (Wildman–Crippen LogP) is 4.46. The summed E-state index contributed by atoms with van der Waals surface area (Å²) in [5, 5.41) is 0. The first kappa shape index (κ1) is 17.2. The third-order valence-electron chi connectivity index (χ3n) is 2.60. The van der Waals surface area contributed by atoms with Crippen molar-refractivity contribution in [1.29, 1.82) is 0 Å². The summed E-state index contributed by atoms with van der Waals surface area (Å²) in [6.07, 6.45) is -2.22. The van der Waals surface area contributed by atoms with Crippen molar-refractivity contribution in [3.8, 4) is 0 Å². The highest BCUT2D eigenvalue weighted by atomic mass is 35.5. The Labute approximate surface area is 110 Å². The third-order valence-corrected chi connectivity index (χ3v) is 2.60. The van der Waals surface area contributed by atoms with Crippen molar-refractivity contribution in [1.82, 2.24) is 0 Å². The Kier molecular flexibility index (Phi) is 6.63. The second-order valence-electron chi connectivity index (χ2n) is 3.98. The van der Waals surface area contributed by atoms with Crippen molar-refractivity contribution in [3.05, 3.63) is 35.1 Å². The Hall–Kier alpha value is -0.810. The summed E-state index contributed by atoms with van der Waals surface area (Å²) in [5.41, 5.74) is 4.88. The molecule has 104 valence electrons. The molecule has 1 nitrogen and oxygen atoms in total. The van der Waals surface area contributed by atoms with E-state index in [0.717, 1.165) is 25.0 Å². The predicted molar refractivity (Wildman–Crippen MR) is 65.1 cm³/mol. The van der Waals surface area contributed by atoms with Gasteiger partial charge in [0.25, 0.3) is 0 Å². The van der Waals surface area contributed by atoms with Crippen molar-refractivity contribution >= 4 is 12.4 Å². The molecule has 0 aliphatic heterocycles. The van der Waals surface area contributed by atoms with Crippen LogP contribution in [-0.4, -0.2) is 0 Å². The van der Waals surface area contributed by atoms with Crippen molar-refractivity contribution < 1.29 is 17.6 Å². The zero-order valence-corrected chi connectivity index (χ0v) is 10.7. The van der Waals surface area contributed by atoms with Crippen LogP contribution in [-0.2, 0) is 6.18 Å². The molecule has 0 aliphatic rings. The summed E-state index contributed by atoms with van der Waals surface area (Å²) >= 11 is 0. The third kappa shape index (κ3) is 4.46. The monoisotopic (exact) mass is 285 g/mol. The van der Waals surface area contributed by atoms with Crippen molar-refractivity contribution in [2.75, 3.05) is 0 Å². The molecule has 0 bridgehead atoms. The minimum Gasteiger partial charge on any atom is -0.324 e. The molecule has 0 heterocycles. The average molecular weight is 286 g/mol. The topological polar surface area (TPSA) is 26.0 Å². The van der Waals surface area contributed by atoms with E-state index >= 15 is 0 Å². The number of unbranched alkanes of at least 4 members (excludes halogenated alkanes) is 1. The van der Waals surface area contributed by atoms with Crippen LogP contribution in [0.4, 0.5) is 17.6 Å². The Morgan fingerprint density at radius 3 is 2.33 bits per heavy atom. The molecular formula is C12H16ClF4N. The van der Waals surface area contributed by atoms with E-state index in [1.165, 1.54) is 0 Å². The average Bonchev–Trinajstić information content (AvgIpc) is 2.24. The van der Waals surface area contributed by atoms with E-state index in [1.54, 1.807) is 0 Å². The van der Waals surface area contributed by atoms with Gasteiger partial charge in [-0.3, -0.25) is 0 Å². The van der Waals surface area contributed by atoms with Gasteiger partial charge in [-0.25, -0.2) is 4.39 Å². The molecule has 0 aromatic heterocycles. The van der Waals surface area contributed by atoms with E-state index < -0.39 is 23.6 Å². The Morgan fingerprint density at radius 1 is 1.28 bits per heavy atom. The normalized spacial score (nSPS) is 13.0. The van der Waals surface area contributed by atoms with Crippen LogP contribution in [0.2, 0.25) is 0 Å². The lowest BCUT2D eigenvalue weighted by molar-refractivity contribution is -0.137. The number of nitrogens with two attached hydrogens (primary N) is 1. The van der Waals surface area contributed by atoms with E-state index in [0.29, 0.717) is 12.5 Å². The molecule has 0 saturated carbocycles. The molecule has 1 atom stereocenters. The van der Waals surface area contributed by atoms with E-state index in [9.17, 15) is 17.6 Å². The molecule has 0 unspecified atom stereocenters. The number of halogens is 5. The van der Waals surface area contributed by atoms with Crippen LogP contribution in [0.1, 0.15) is 43.4 Å². The van der Waals surface area contributed by atoms with Gasteiger partial charge in [0.1, 0.15) is 5.82 Å². The summed E-state index contributed by atoms with van der Waals surface area (Å²) < 4.78 is 50.4. The van der Waals surface area contributed by atoms with Gasteiger partial charge >= 0.3 is 6.18 Å². The van der Waals surface area contributed by atoms with Gasteiger partial charge in [0.15, 0.2) is 0 Å². The Balaban J connectivity index is 0.00000289. The molecule has 0 amide bonds. The maximum absolute atomic E-state index is 13.5. The van der Waals surface area contributed by atoms with Gasteiger partial charge < -0.3 is 5.73 Å². The quantitative estimate of drug-likeness (QED) is 0.812. The lowest BCUT2D eigenvalue weighted by Gasteiger charge is -2.14. The van der Waals surface area contributed by atoms with Crippen LogP contribution >= 0.6 is 12.4 Å².